The number of nitrogens with zero attached hydrogens (tertiary/aromatic N) is 3. The Kier molecular flexibility index (Phi) is 5.71. The standard InChI is InChI=1S/C16H19BrN4O3/c1-10-5-6-13(9-14(10)21(23)24)16(22)18-7-4-8-20-12(3)15(17)11(2)19-20/h5-6,9H,4,7-8H2,1-3H3,(H,18,22). The molecule has 0 aliphatic rings. The van der Waals surface area contributed by atoms with E-state index < -0.39 is 4.92 Å². The van der Waals surface area contributed by atoms with E-state index in [2.05, 4.69) is 26.3 Å². The van der Waals surface area contributed by atoms with Crippen molar-refractivity contribution in [1.82, 2.24) is 15.1 Å². The van der Waals surface area contributed by atoms with Gasteiger partial charge in [-0.3, -0.25) is 19.6 Å². The zero-order valence-electron chi connectivity index (χ0n) is 13.8. The van der Waals surface area contributed by atoms with Gasteiger partial charge in [0, 0.05) is 36.0 Å². The Morgan fingerprint density at radius 1 is 1.38 bits per heavy atom. The highest BCUT2D eigenvalue weighted by atomic mass is 79.9. The molecule has 8 heteroatoms. The Morgan fingerprint density at radius 2 is 2.08 bits per heavy atom. The maximum absolute atomic E-state index is 12.1. The Hall–Kier alpha value is -2.22. The summed E-state index contributed by atoms with van der Waals surface area (Å²) in [5, 5.41) is 18.1. The van der Waals surface area contributed by atoms with Crippen LogP contribution in [0.25, 0.3) is 0 Å². The minimum absolute atomic E-state index is 0.0462. The molecule has 0 radical (unpaired) electrons. The van der Waals surface area contributed by atoms with Crippen molar-refractivity contribution >= 4 is 27.5 Å². The van der Waals surface area contributed by atoms with Gasteiger partial charge in [0.25, 0.3) is 11.6 Å². The van der Waals surface area contributed by atoms with Crippen molar-refractivity contribution in [3.63, 3.8) is 0 Å². The zero-order valence-corrected chi connectivity index (χ0v) is 15.4. The normalized spacial score (nSPS) is 10.7. The molecule has 0 unspecified atom stereocenters. The summed E-state index contributed by atoms with van der Waals surface area (Å²) in [6.45, 7) is 6.71. The van der Waals surface area contributed by atoms with Gasteiger partial charge in [0.1, 0.15) is 0 Å². The second kappa shape index (κ2) is 7.57. The van der Waals surface area contributed by atoms with Crippen molar-refractivity contribution in [2.24, 2.45) is 0 Å². The van der Waals surface area contributed by atoms with Gasteiger partial charge < -0.3 is 5.32 Å². The zero-order chi connectivity index (χ0) is 17.9. The van der Waals surface area contributed by atoms with Crippen LogP contribution in [-0.2, 0) is 6.54 Å². The number of halogens is 1. The van der Waals surface area contributed by atoms with Crippen LogP contribution < -0.4 is 5.32 Å². The van der Waals surface area contributed by atoms with Gasteiger partial charge >= 0.3 is 0 Å². The summed E-state index contributed by atoms with van der Waals surface area (Å²) >= 11 is 3.48. The Balaban J connectivity index is 1.90. The molecule has 0 atom stereocenters. The highest BCUT2D eigenvalue weighted by molar-refractivity contribution is 9.10. The van der Waals surface area contributed by atoms with E-state index in [0.29, 0.717) is 30.6 Å². The minimum atomic E-state index is -0.479. The third kappa shape index (κ3) is 4.00. The first-order valence-corrected chi connectivity index (χ1v) is 8.33. The number of aromatic nitrogens is 2. The molecule has 24 heavy (non-hydrogen) atoms. The molecule has 0 fully saturated rings. The fourth-order valence-corrected chi connectivity index (χ4v) is 2.66. The van der Waals surface area contributed by atoms with Crippen molar-refractivity contribution in [3.05, 3.63) is 55.3 Å². The molecule has 1 N–H and O–H groups in total. The fraction of sp³-hybridized carbons (Fsp3) is 0.375. The Morgan fingerprint density at radius 3 is 2.67 bits per heavy atom. The van der Waals surface area contributed by atoms with Crippen LogP contribution in [0.4, 0.5) is 5.69 Å². The van der Waals surface area contributed by atoms with Gasteiger partial charge in [0.2, 0.25) is 0 Å². The van der Waals surface area contributed by atoms with Gasteiger partial charge in [-0.15, -0.1) is 0 Å². The van der Waals surface area contributed by atoms with Gasteiger partial charge in [-0.1, -0.05) is 6.07 Å². The lowest BCUT2D eigenvalue weighted by Gasteiger charge is -2.07. The van der Waals surface area contributed by atoms with Crippen LogP contribution in [0, 0.1) is 30.9 Å². The minimum Gasteiger partial charge on any atom is -0.352 e. The predicted octanol–water partition coefficient (Wildman–Crippen LogP) is 3.30. The molecule has 1 aromatic heterocycles. The summed E-state index contributed by atoms with van der Waals surface area (Å²) in [7, 11) is 0. The number of carbonyl (C=O) groups excluding carboxylic acids is 1. The molecule has 1 aromatic carbocycles. The molecule has 0 aliphatic heterocycles. The van der Waals surface area contributed by atoms with Crippen LogP contribution in [-0.4, -0.2) is 27.2 Å². The number of hydrogen-bond donors (Lipinski definition) is 1. The number of nitro groups is 1. The van der Waals surface area contributed by atoms with Crippen molar-refractivity contribution in [2.45, 2.75) is 33.7 Å². The second-order valence-corrected chi connectivity index (χ2v) is 6.37. The molecular formula is C16H19BrN4O3. The van der Waals surface area contributed by atoms with Crippen LogP contribution >= 0.6 is 15.9 Å². The molecular weight excluding hydrogens is 376 g/mol. The lowest BCUT2D eigenvalue weighted by Crippen LogP contribution is -2.25. The quantitative estimate of drug-likeness (QED) is 0.462. The predicted molar refractivity (Wildman–Crippen MR) is 94.2 cm³/mol. The first-order valence-electron chi connectivity index (χ1n) is 7.54. The van der Waals surface area contributed by atoms with Crippen molar-refractivity contribution in [1.29, 1.82) is 0 Å². The van der Waals surface area contributed by atoms with Crippen LogP contribution in [0.2, 0.25) is 0 Å². The average molecular weight is 395 g/mol. The summed E-state index contributed by atoms with van der Waals surface area (Å²) in [6, 6.07) is 4.49. The van der Waals surface area contributed by atoms with Gasteiger partial charge in [-0.25, -0.2) is 0 Å². The van der Waals surface area contributed by atoms with Crippen LogP contribution in [0.15, 0.2) is 22.7 Å². The molecule has 2 aromatic rings. The lowest BCUT2D eigenvalue weighted by atomic mass is 10.1. The maximum Gasteiger partial charge on any atom is 0.273 e. The highest BCUT2D eigenvalue weighted by Crippen LogP contribution is 2.20. The van der Waals surface area contributed by atoms with E-state index >= 15 is 0 Å². The number of aryl methyl sites for hydroxylation is 3. The van der Waals surface area contributed by atoms with Crippen molar-refractivity contribution in [3.8, 4) is 0 Å². The van der Waals surface area contributed by atoms with E-state index in [4.69, 9.17) is 0 Å². The summed E-state index contributed by atoms with van der Waals surface area (Å²) in [5.74, 6) is -0.312. The summed E-state index contributed by atoms with van der Waals surface area (Å²) in [4.78, 5) is 22.6. The molecule has 1 amide bonds. The first kappa shape index (κ1) is 18.1. The number of rotatable bonds is 6. The lowest BCUT2D eigenvalue weighted by molar-refractivity contribution is -0.385. The number of nitrogens with one attached hydrogen (secondary N) is 1. The third-order valence-corrected chi connectivity index (χ3v) is 4.94. The smallest absolute Gasteiger partial charge is 0.273 e. The van der Waals surface area contributed by atoms with Gasteiger partial charge in [-0.2, -0.15) is 5.10 Å². The monoisotopic (exact) mass is 394 g/mol. The third-order valence-electron chi connectivity index (χ3n) is 3.79. The number of amides is 1. The van der Waals surface area contributed by atoms with Crippen LogP contribution in [0.3, 0.4) is 0 Å². The Bertz CT molecular complexity index is 786. The number of benzene rings is 1. The van der Waals surface area contributed by atoms with E-state index in [9.17, 15) is 14.9 Å². The van der Waals surface area contributed by atoms with Gasteiger partial charge in [0.15, 0.2) is 0 Å². The van der Waals surface area contributed by atoms with Crippen molar-refractivity contribution in [2.75, 3.05) is 6.54 Å². The molecule has 0 saturated carbocycles. The number of hydrogen-bond acceptors (Lipinski definition) is 4. The van der Waals surface area contributed by atoms with E-state index in [1.807, 2.05) is 18.5 Å². The number of carbonyl (C=O) groups is 1. The van der Waals surface area contributed by atoms with Crippen LogP contribution in [0.5, 0.6) is 0 Å². The Labute approximate surface area is 148 Å². The largest absolute Gasteiger partial charge is 0.352 e. The van der Waals surface area contributed by atoms with E-state index in [0.717, 1.165) is 15.9 Å². The summed E-state index contributed by atoms with van der Waals surface area (Å²) in [6.07, 6.45) is 0.716. The molecule has 7 nitrogen and oxygen atoms in total. The second-order valence-electron chi connectivity index (χ2n) is 5.58. The summed E-state index contributed by atoms with van der Waals surface area (Å²) < 4.78 is 2.89. The molecule has 0 aliphatic carbocycles. The van der Waals surface area contributed by atoms with E-state index in [1.54, 1.807) is 19.1 Å². The molecule has 0 saturated heterocycles. The topological polar surface area (TPSA) is 90.1 Å². The van der Waals surface area contributed by atoms with E-state index in [1.165, 1.54) is 6.07 Å². The van der Waals surface area contributed by atoms with Crippen molar-refractivity contribution < 1.29 is 9.72 Å². The summed E-state index contributed by atoms with van der Waals surface area (Å²) in [5.41, 5.74) is 2.76. The van der Waals surface area contributed by atoms with Gasteiger partial charge in [-0.05, 0) is 49.2 Å². The SMILES string of the molecule is Cc1ccc(C(=O)NCCCn2nc(C)c(Br)c2C)cc1[N+](=O)[O-]. The molecule has 0 spiro atoms. The molecule has 128 valence electrons. The molecule has 0 bridgehead atoms. The van der Waals surface area contributed by atoms with E-state index in [-0.39, 0.29) is 11.6 Å². The number of nitro benzene ring substituents is 1. The van der Waals surface area contributed by atoms with Crippen LogP contribution in [0.1, 0.15) is 33.7 Å². The fourth-order valence-electron chi connectivity index (χ4n) is 2.37. The first-order chi connectivity index (χ1) is 11.3. The molecule has 2 rings (SSSR count). The van der Waals surface area contributed by atoms with Gasteiger partial charge in [0.05, 0.1) is 15.1 Å². The molecule has 1 heterocycles. The average Bonchev–Trinajstić information content (AvgIpc) is 2.78. The highest BCUT2D eigenvalue weighted by Gasteiger charge is 2.14. The maximum atomic E-state index is 12.1.